The van der Waals surface area contributed by atoms with Gasteiger partial charge in [-0.25, -0.2) is 0 Å². The lowest BCUT2D eigenvalue weighted by atomic mass is 10.1. The molecule has 0 atom stereocenters. The Bertz CT molecular complexity index is 930. The van der Waals surface area contributed by atoms with Gasteiger partial charge < -0.3 is 28.6 Å². The Labute approximate surface area is 188 Å². The maximum atomic E-state index is 12.9. The molecule has 8 nitrogen and oxygen atoms in total. The predicted molar refractivity (Wildman–Crippen MR) is 119 cm³/mol. The van der Waals surface area contributed by atoms with Gasteiger partial charge in [0.2, 0.25) is 11.7 Å². The van der Waals surface area contributed by atoms with E-state index in [1.165, 1.54) is 5.56 Å². The molecule has 0 spiro atoms. The first-order valence-corrected chi connectivity index (χ1v) is 10.8. The number of hydrogen-bond acceptors (Lipinski definition) is 7. The Morgan fingerprint density at radius 2 is 1.50 bits per heavy atom. The van der Waals surface area contributed by atoms with E-state index in [1.54, 1.807) is 21.3 Å². The van der Waals surface area contributed by atoms with Crippen molar-refractivity contribution < 1.29 is 28.5 Å². The van der Waals surface area contributed by atoms with Gasteiger partial charge in [-0.1, -0.05) is 6.07 Å². The average molecular weight is 443 g/mol. The molecule has 4 rings (SSSR count). The molecule has 2 aromatic carbocycles. The molecule has 0 aromatic heterocycles. The van der Waals surface area contributed by atoms with Gasteiger partial charge in [0.25, 0.3) is 0 Å². The molecule has 2 aromatic rings. The zero-order valence-electron chi connectivity index (χ0n) is 18.9. The van der Waals surface area contributed by atoms with Crippen molar-refractivity contribution in [3.05, 3.63) is 41.5 Å². The summed E-state index contributed by atoms with van der Waals surface area (Å²) in [6.45, 7) is 5.07. The molecular weight excluding hydrogens is 412 g/mol. The second-order valence-electron chi connectivity index (χ2n) is 7.85. The summed E-state index contributed by atoms with van der Waals surface area (Å²) in [6.07, 6.45) is 0.291. The van der Waals surface area contributed by atoms with E-state index in [1.807, 2.05) is 23.1 Å². The number of benzene rings is 2. The van der Waals surface area contributed by atoms with Crippen LogP contribution in [0.4, 0.5) is 0 Å². The van der Waals surface area contributed by atoms with E-state index >= 15 is 0 Å². The molecule has 8 heteroatoms. The summed E-state index contributed by atoms with van der Waals surface area (Å²) < 4.78 is 27.4. The van der Waals surface area contributed by atoms with Crippen molar-refractivity contribution >= 4 is 5.91 Å². The highest BCUT2D eigenvalue weighted by atomic mass is 16.6. The van der Waals surface area contributed by atoms with Crippen LogP contribution in [0.25, 0.3) is 0 Å². The fourth-order valence-electron chi connectivity index (χ4n) is 4.12. The molecule has 1 fully saturated rings. The van der Waals surface area contributed by atoms with Crippen LogP contribution in [-0.2, 0) is 17.8 Å². The van der Waals surface area contributed by atoms with Gasteiger partial charge in [-0.05, 0) is 35.4 Å². The Morgan fingerprint density at radius 3 is 2.12 bits per heavy atom. The molecule has 0 radical (unpaired) electrons. The predicted octanol–water partition coefficient (Wildman–Crippen LogP) is 2.37. The zero-order valence-corrected chi connectivity index (χ0v) is 18.9. The van der Waals surface area contributed by atoms with Crippen LogP contribution in [0.2, 0.25) is 0 Å². The quantitative estimate of drug-likeness (QED) is 0.652. The first-order chi connectivity index (χ1) is 15.6. The molecule has 2 heterocycles. The molecule has 2 aliphatic heterocycles. The average Bonchev–Trinajstić information content (AvgIpc) is 2.83. The van der Waals surface area contributed by atoms with E-state index in [2.05, 4.69) is 17.0 Å². The number of carbonyl (C=O) groups excluding carboxylic acids is 1. The van der Waals surface area contributed by atoms with Crippen molar-refractivity contribution in [2.45, 2.75) is 13.0 Å². The molecule has 2 aliphatic rings. The van der Waals surface area contributed by atoms with Gasteiger partial charge in [-0.3, -0.25) is 9.69 Å². The molecule has 172 valence electrons. The summed E-state index contributed by atoms with van der Waals surface area (Å²) in [4.78, 5) is 17.2. The number of hydrogen-bond donors (Lipinski definition) is 0. The first kappa shape index (κ1) is 22.1. The SMILES string of the molecule is COc1cc(CC(=O)N2CCN(Cc3ccc4c(c3)OCCO4)CC2)cc(OC)c1OC. The monoisotopic (exact) mass is 442 g/mol. The van der Waals surface area contributed by atoms with Crippen molar-refractivity contribution in [3.8, 4) is 28.7 Å². The number of carbonyl (C=O) groups is 1. The normalized spacial score (nSPS) is 15.9. The smallest absolute Gasteiger partial charge is 0.227 e. The minimum absolute atomic E-state index is 0.0956. The third-order valence-electron chi connectivity index (χ3n) is 5.82. The highest BCUT2D eigenvalue weighted by Crippen LogP contribution is 2.38. The number of ether oxygens (including phenoxy) is 5. The molecule has 1 saturated heterocycles. The Kier molecular flexibility index (Phi) is 6.90. The van der Waals surface area contributed by atoms with Crippen LogP contribution in [-0.4, -0.2) is 76.4 Å². The second-order valence-corrected chi connectivity index (χ2v) is 7.85. The number of rotatable bonds is 7. The van der Waals surface area contributed by atoms with Crippen molar-refractivity contribution in [1.29, 1.82) is 0 Å². The van der Waals surface area contributed by atoms with Gasteiger partial charge in [-0.15, -0.1) is 0 Å². The standard InChI is InChI=1S/C24H30N2O6/c1-28-21-13-18(14-22(29-2)24(21)30-3)15-23(27)26-8-6-25(7-9-26)16-17-4-5-19-20(12-17)32-11-10-31-19/h4-5,12-14H,6-11,15-16H2,1-3H3. The highest BCUT2D eigenvalue weighted by molar-refractivity contribution is 5.79. The van der Waals surface area contributed by atoms with Crippen LogP contribution in [0.1, 0.15) is 11.1 Å². The van der Waals surface area contributed by atoms with E-state index in [0.717, 1.165) is 36.7 Å². The maximum Gasteiger partial charge on any atom is 0.227 e. The largest absolute Gasteiger partial charge is 0.493 e. The van der Waals surface area contributed by atoms with E-state index in [9.17, 15) is 4.79 Å². The third kappa shape index (κ3) is 4.85. The van der Waals surface area contributed by atoms with Gasteiger partial charge in [0.1, 0.15) is 13.2 Å². The number of methoxy groups -OCH3 is 3. The Morgan fingerprint density at radius 1 is 0.844 bits per heavy atom. The van der Waals surface area contributed by atoms with Gasteiger partial charge in [-0.2, -0.15) is 0 Å². The summed E-state index contributed by atoms with van der Waals surface area (Å²) >= 11 is 0. The molecule has 0 saturated carbocycles. The lowest BCUT2D eigenvalue weighted by Crippen LogP contribution is -2.48. The molecule has 0 N–H and O–H groups in total. The van der Waals surface area contributed by atoms with Gasteiger partial charge >= 0.3 is 0 Å². The number of fused-ring (bicyclic) bond motifs is 1. The minimum atomic E-state index is 0.0956. The molecule has 0 bridgehead atoms. The lowest BCUT2D eigenvalue weighted by molar-refractivity contribution is -0.132. The summed E-state index contributed by atoms with van der Waals surface area (Å²) in [5, 5.41) is 0. The topological polar surface area (TPSA) is 69.7 Å². The summed E-state index contributed by atoms with van der Waals surface area (Å²) in [5.74, 6) is 3.35. The van der Waals surface area contributed by atoms with Crippen LogP contribution in [0.15, 0.2) is 30.3 Å². The van der Waals surface area contributed by atoms with Crippen LogP contribution >= 0.6 is 0 Å². The number of nitrogens with zero attached hydrogens (tertiary/aromatic N) is 2. The molecule has 0 unspecified atom stereocenters. The summed E-state index contributed by atoms with van der Waals surface area (Å²) in [5.41, 5.74) is 2.02. The number of amides is 1. The van der Waals surface area contributed by atoms with Crippen molar-refractivity contribution in [2.24, 2.45) is 0 Å². The fourth-order valence-corrected chi connectivity index (χ4v) is 4.12. The molecular formula is C24H30N2O6. The molecule has 32 heavy (non-hydrogen) atoms. The summed E-state index contributed by atoms with van der Waals surface area (Å²) in [6, 6.07) is 9.77. The molecule has 1 amide bonds. The fraction of sp³-hybridized carbons (Fsp3) is 0.458. The van der Waals surface area contributed by atoms with Gasteiger partial charge in [0.05, 0.1) is 27.8 Å². The van der Waals surface area contributed by atoms with Crippen LogP contribution in [0, 0.1) is 0 Å². The number of piperazine rings is 1. The highest BCUT2D eigenvalue weighted by Gasteiger charge is 2.23. The molecule has 0 aliphatic carbocycles. The van der Waals surface area contributed by atoms with Crippen LogP contribution in [0.5, 0.6) is 28.7 Å². The van der Waals surface area contributed by atoms with E-state index in [-0.39, 0.29) is 5.91 Å². The third-order valence-corrected chi connectivity index (χ3v) is 5.82. The van der Waals surface area contributed by atoms with Gasteiger partial charge in [0, 0.05) is 32.7 Å². The second kappa shape index (κ2) is 9.99. The zero-order chi connectivity index (χ0) is 22.5. The Hall–Kier alpha value is -3.13. The van der Waals surface area contributed by atoms with Crippen molar-refractivity contribution in [3.63, 3.8) is 0 Å². The minimum Gasteiger partial charge on any atom is -0.493 e. The van der Waals surface area contributed by atoms with Crippen molar-refractivity contribution in [2.75, 3.05) is 60.7 Å². The van der Waals surface area contributed by atoms with Crippen LogP contribution in [0.3, 0.4) is 0 Å². The lowest BCUT2D eigenvalue weighted by Gasteiger charge is -2.35. The Balaban J connectivity index is 1.33. The van der Waals surface area contributed by atoms with E-state index in [0.29, 0.717) is 50.0 Å². The first-order valence-electron chi connectivity index (χ1n) is 10.8. The van der Waals surface area contributed by atoms with Gasteiger partial charge in [0.15, 0.2) is 23.0 Å². The summed E-state index contributed by atoms with van der Waals surface area (Å²) in [7, 11) is 4.71. The van der Waals surface area contributed by atoms with Crippen LogP contribution < -0.4 is 23.7 Å². The maximum absolute atomic E-state index is 12.9. The van der Waals surface area contributed by atoms with E-state index in [4.69, 9.17) is 23.7 Å². The van der Waals surface area contributed by atoms with Crippen molar-refractivity contribution in [1.82, 2.24) is 9.80 Å². The van der Waals surface area contributed by atoms with E-state index < -0.39 is 0 Å².